The Morgan fingerprint density at radius 1 is 1.29 bits per heavy atom. The molecule has 2 aliphatic heterocycles. The Morgan fingerprint density at radius 3 is 2.61 bits per heavy atom. The average molecular weight is 383 g/mol. The molecule has 150 valence electrons. The van der Waals surface area contributed by atoms with Crippen LogP contribution in [0.15, 0.2) is 30.3 Å². The number of hydroxylamine groups is 1. The minimum Gasteiger partial charge on any atom is -0.337 e. The van der Waals surface area contributed by atoms with Gasteiger partial charge in [-0.3, -0.25) is 14.8 Å². The topological polar surface area (TPSA) is 81.7 Å². The Hall–Kier alpha value is -2.18. The zero-order valence-electron chi connectivity index (χ0n) is 16.4. The summed E-state index contributed by atoms with van der Waals surface area (Å²) >= 11 is 0. The maximum atomic E-state index is 13.1. The van der Waals surface area contributed by atoms with Crippen molar-refractivity contribution in [1.29, 1.82) is 0 Å². The first-order chi connectivity index (χ1) is 13.5. The number of nitrogens with zero attached hydrogens (tertiary/aromatic N) is 1. The summed E-state index contributed by atoms with van der Waals surface area (Å²) in [5.41, 5.74) is 5.72. The molecule has 1 spiro atoms. The zero-order chi connectivity index (χ0) is 19.7. The highest BCUT2D eigenvalue weighted by Gasteiger charge is 2.52. The van der Waals surface area contributed by atoms with Crippen LogP contribution in [0, 0.1) is 11.3 Å². The van der Waals surface area contributed by atoms with Gasteiger partial charge < -0.3 is 10.2 Å². The van der Waals surface area contributed by atoms with Crippen molar-refractivity contribution in [2.45, 2.75) is 45.1 Å². The van der Waals surface area contributed by atoms with Crippen molar-refractivity contribution in [3.63, 3.8) is 0 Å². The second-order valence-corrected chi connectivity index (χ2v) is 8.46. The van der Waals surface area contributed by atoms with Gasteiger partial charge in [0.2, 0.25) is 11.8 Å². The third-order valence-corrected chi connectivity index (χ3v) is 6.68. The standard InChI is InChI=1S/C22H29N3O3/c1-2-15-3-5-16(6-4-15)17-7-11-25(12-8-17)21(27)19-18(20(26)24-28)13-22(9-10-22)14-23-19/h3-7,18-19,23,28H,2,8-14H2,1H3,(H,24,26)/t18-,19-/m0/s1. The first-order valence-electron chi connectivity index (χ1n) is 10.3. The molecule has 6 nitrogen and oxygen atoms in total. The van der Waals surface area contributed by atoms with E-state index in [0.29, 0.717) is 19.5 Å². The lowest BCUT2D eigenvalue weighted by molar-refractivity contribution is -0.144. The number of carbonyl (C=O) groups is 2. The van der Waals surface area contributed by atoms with Gasteiger partial charge >= 0.3 is 0 Å². The number of hydrogen-bond donors (Lipinski definition) is 3. The maximum absolute atomic E-state index is 13.1. The van der Waals surface area contributed by atoms with E-state index in [0.717, 1.165) is 32.2 Å². The molecular weight excluding hydrogens is 354 g/mol. The quantitative estimate of drug-likeness (QED) is 0.550. The molecule has 1 aromatic carbocycles. The van der Waals surface area contributed by atoms with Crippen molar-refractivity contribution in [3.05, 3.63) is 41.5 Å². The fourth-order valence-electron chi connectivity index (χ4n) is 4.55. The molecule has 0 aromatic heterocycles. The molecule has 0 unspecified atom stereocenters. The van der Waals surface area contributed by atoms with Crippen molar-refractivity contribution < 1.29 is 14.8 Å². The summed E-state index contributed by atoms with van der Waals surface area (Å²) in [6.45, 7) is 4.13. The Bertz CT molecular complexity index is 783. The Labute approximate surface area is 165 Å². The number of nitrogens with one attached hydrogen (secondary N) is 2. The molecule has 0 radical (unpaired) electrons. The summed E-state index contributed by atoms with van der Waals surface area (Å²) in [5, 5.41) is 12.4. The highest BCUT2D eigenvalue weighted by Crippen LogP contribution is 2.52. The van der Waals surface area contributed by atoms with E-state index in [2.05, 4.69) is 42.6 Å². The fourth-order valence-corrected chi connectivity index (χ4v) is 4.55. The molecule has 1 saturated heterocycles. The van der Waals surface area contributed by atoms with Gasteiger partial charge in [-0.2, -0.15) is 0 Å². The Balaban J connectivity index is 1.43. The second kappa shape index (κ2) is 7.68. The summed E-state index contributed by atoms with van der Waals surface area (Å²) < 4.78 is 0. The largest absolute Gasteiger partial charge is 0.337 e. The first-order valence-corrected chi connectivity index (χ1v) is 10.3. The number of carbonyl (C=O) groups excluding carboxylic acids is 2. The van der Waals surface area contributed by atoms with E-state index in [4.69, 9.17) is 5.21 Å². The van der Waals surface area contributed by atoms with Gasteiger partial charge in [0.05, 0.1) is 12.0 Å². The molecule has 6 heteroatoms. The van der Waals surface area contributed by atoms with Crippen LogP contribution >= 0.6 is 0 Å². The maximum Gasteiger partial charge on any atom is 0.248 e. The van der Waals surface area contributed by atoms with Crippen molar-refractivity contribution in [3.8, 4) is 0 Å². The molecular formula is C22H29N3O3. The van der Waals surface area contributed by atoms with Crippen LogP contribution in [0.4, 0.5) is 0 Å². The third-order valence-electron chi connectivity index (χ3n) is 6.68. The average Bonchev–Trinajstić information content (AvgIpc) is 3.51. The summed E-state index contributed by atoms with van der Waals surface area (Å²) in [7, 11) is 0. The summed E-state index contributed by atoms with van der Waals surface area (Å²) in [4.78, 5) is 27.1. The predicted molar refractivity (Wildman–Crippen MR) is 106 cm³/mol. The molecule has 28 heavy (non-hydrogen) atoms. The van der Waals surface area contributed by atoms with E-state index in [1.165, 1.54) is 16.7 Å². The molecule has 4 rings (SSSR count). The fraction of sp³-hybridized carbons (Fsp3) is 0.545. The third kappa shape index (κ3) is 3.71. The van der Waals surface area contributed by atoms with E-state index in [1.54, 1.807) is 5.48 Å². The van der Waals surface area contributed by atoms with Crippen molar-refractivity contribution >= 4 is 17.4 Å². The molecule has 1 aliphatic carbocycles. The highest BCUT2D eigenvalue weighted by atomic mass is 16.5. The summed E-state index contributed by atoms with van der Waals surface area (Å²) in [6, 6.07) is 8.07. The number of amides is 2. The van der Waals surface area contributed by atoms with Crippen LogP contribution in [0.2, 0.25) is 0 Å². The monoisotopic (exact) mass is 383 g/mol. The van der Waals surface area contributed by atoms with Crippen molar-refractivity contribution in [1.82, 2.24) is 15.7 Å². The number of benzene rings is 1. The highest BCUT2D eigenvalue weighted by molar-refractivity contribution is 5.90. The van der Waals surface area contributed by atoms with E-state index in [1.807, 2.05) is 4.90 Å². The van der Waals surface area contributed by atoms with E-state index in [9.17, 15) is 9.59 Å². The number of aryl methyl sites for hydroxylation is 1. The molecule has 0 bridgehead atoms. The second-order valence-electron chi connectivity index (χ2n) is 8.46. The summed E-state index contributed by atoms with van der Waals surface area (Å²) in [6.07, 6.45) is 6.80. The van der Waals surface area contributed by atoms with Crippen LogP contribution in [0.3, 0.4) is 0 Å². The van der Waals surface area contributed by atoms with Gasteiger partial charge in [0.15, 0.2) is 0 Å². The molecule has 1 aromatic rings. The Morgan fingerprint density at radius 2 is 2.04 bits per heavy atom. The molecule has 3 N–H and O–H groups in total. The molecule has 1 saturated carbocycles. The van der Waals surface area contributed by atoms with E-state index < -0.39 is 17.9 Å². The minimum absolute atomic E-state index is 0.0410. The molecule has 2 fully saturated rings. The van der Waals surface area contributed by atoms with Gasteiger partial charge in [0, 0.05) is 19.6 Å². The molecule has 2 atom stereocenters. The van der Waals surface area contributed by atoms with Gasteiger partial charge in [-0.25, -0.2) is 5.48 Å². The SMILES string of the molecule is CCc1ccc(C2=CCN(C(=O)[C@H]3NCC4(CC4)C[C@@H]3C(=O)NO)CC2)cc1. The van der Waals surface area contributed by atoms with Crippen LogP contribution in [-0.4, -0.2) is 47.6 Å². The number of rotatable bonds is 4. The lowest BCUT2D eigenvalue weighted by atomic mass is 9.81. The predicted octanol–water partition coefficient (Wildman–Crippen LogP) is 2.13. The van der Waals surface area contributed by atoms with Crippen LogP contribution < -0.4 is 10.8 Å². The van der Waals surface area contributed by atoms with Crippen LogP contribution in [0.1, 0.15) is 43.7 Å². The van der Waals surface area contributed by atoms with Crippen molar-refractivity contribution in [2.24, 2.45) is 11.3 Å². The van der Waals surface area contributed by atoms with Crippen LogP contribution in [-0.2, 0) is 16.0 Å². The Kier molecular flexibility index (Phi) is 5.25. The molecule has 2 amide bonds. The van der Waals surface area contributed by atoms with E-state index >= 15 is 0 Å². The minimum atomic E-state index is -0.558. The lowest BCUT2D eigenvalue weighted by Gasteiger charge is -2.38. The molecule has 2 heterocycles. The van der Waals surface area contributed by atoms with Gasteiger partial charge in [-0.1, -0.05) is 37.3 Å². The summed E-state index contributed by atoms with van der Waals surface area (Å²) in [5.74, 6) is -1.01. The molecule has 3 aliphatic rings. The zero-order valence-corrected chi connectivity index (χ0v) is 16.4. The van der Waals surface area contributed by atoms with Gasteiger partial charge in [-0.15, -0.1) is 0 Å². The number of piperidine rings is 1. The van der Waals surface area contributed by atoms with Crippen LogP contribution in [0.5, 0.6) is 0 Å². The van der Waals surface area contributed by atoms with Gasteiger partial charge in [-0.05, 0) is 54.2 Å². The first kappa shape index (κ1) is 19.2. The normalized spacial score (nSPS) is 25.9. The van der Waals surface area contributed by atoms with Crippen LogP contribution in [0.25, 0.3) is 5.57 Å². The van der Waals surface area contributed by atoms with Gasteiger partial charge in [0.1, 0.15) is 0 Å². The smallest absolute Gasteiger partial charge is 0.248 e. The lowest BCUT2D eigenvalue weighted by Crippen LogP contribution is -2.59. The van der Waals surface area contributed by atoms with Gasteiger partial charge in [0.25, 0.3) is 0 Å². The number of hydrogen-bond acceptors (Lipinski definition) is 4. The van der Waals surface area contributed by atoms with Crippen molar-refractivity contribution in [2.75, 3.05) is 19.6 Å². The van der Waals surface area contributed by atoms with E-state index in [-0.39, 0.29) is 11.3 Å².